The zero-order valence-corrected chi connectivity index (χ0v) is 13.7. The minimum atomic E-state index is -0.479. The average molecular weight is 342 g/mol. The Labute approximate surface area is 128 Å². The summed E-state index contributed by atoms with van der Waals surface area (Å²) >= 11 is 3.53. The van der Waals surface area contributed by atoms with E-state index in [1.807, 2.05) is 26.0 Å². The summed E-state index contributed by atoms with van der Waals surface area (Å²) in [5.41, 5.74) is 2.21. The smallest absolute Gasteiger partial charge is 0.263 e. The van der Waals surface area contributed by atoms with Crippen LogP contribution in [0, 0.1) is 13.8 Å². The normalized spacial score (nSPS) is 16.9. The molecular formula is C15H20BrNO3. The largest absolute Gasteiger partial charge is 0.481 e. The molecule has 1 atom stereocenters. The molecule has 1 aromatic rings. The van der Waals surface area contributed by atoms with Gasteiger partial charge in [0, 0.05) is 17.6 Å². The summed E-state index contributed by atoms with van der Waals surface area (Å²) in [6, 6.07) is 3.89. The van der Waals surface area contributed by atoms with Crippen molar-refractivity contribution in [1.82, 2.24) is 4.90 Å². The van der Waals surface area contributed by atoms with Crippen LogP contribution in [0.3, 0.4) is 0 Å². The fourth-order valence-electron chi connectivity index (χ4n) is 2.27. The lowest BCUT2D eigenvalue weighted by molar-refractivity contribution is -0.142. The van der Waals surface area contributed by atoms with E-state index in [1.54, 1.807) is 11.8 Å². The molecule has 0 spiro atoms. The molecule has 20 heavy (non-hydrogen) atoms. The number of morpholine rings is 1. The van der Waals surface area contributed by atoms with Crippen LogP contribution in [0.15, 0.2) is 16.6 Å². The lowest BCUT2D eigenvalue weighted by Gasteiger charge is -2.29. The molecule has 1 unspecified atom stereocenters. The molecule has 0 N–H and O–H groups in total. The van der Waals surface area contributed by atoms with Crippen molar-refractivity contribution in [3.05, 3.63) is 27.7 Å². The van der Waals surface area contributed by atoms with Crippen molar-refractivity contribution in [1.29, 1.82) is 0 Å². The van der Waals surface area contributed by atoms with Gasteiger partial charge in [0.15, 0.2) is 6.10 Å². The molecule has 1 saturated heterocycles. The van der Waals surface area contributed by atoms with E-state index < -0.39 is 6.10 Å². The van der Waals surface area contributed by atoms with Crippen molar-refractivity contribution in [2.75, 3.05) is 26.3 Å². The van der Waals surface area contributed by atoms with E-state index in [1.165, 1.54) is 0 Å². The summed E-state index contributed by atoms with van der Waals surface area (Å²) in [6.45, 7) is 8.32. The second-order valence-corrected chi connectivity index (χ2v) is 5.86. The predicted molar refractivity (Wildman–Crippen MR) is 81.1 cm³/mol. The fourth-order valence-corrected chi connectivity index (χ4v) is 2.50. The third-order valence-electron chi connectivity index (χ3n) is 3.39. The van der Waals surface area contributed by atoms with Crippen LogP contribution in [0.5, 0.6) is 5.75 Å². The number of benzene rings is 1. The Morgan fingerprint density at radius 2 is 1.85 bits per heavy atom. The SMILES string of the molecule is Cc1cc(OC(C)C(=O)N2CCOCC2)cc(C)c1Br. The maximum absolute atomic E-state index is 12.3. The number of rotatable bonds is 3. The lowest BCUT2D eigenvalue weighted by atomic mass is 10.1. The number of hydrogen-bond acceptors (Lipinski definition) is 3. The molecule has 0 aliphatic carbocycles. The number of amides is 1. The van der Waals surface area contributed by atoms with Crippen molar-refractivity contribution in [3.63, 3.8) is 0 Å². The Bertz CT molecular complexity index is 475. The highest BCUT2D eigenvalue weighted by atomic mass is 79.9. The first-order valence-electron chi connectivity index (χ1n) is 6.79. The van der Waals surface area contributed by atoms with Crippen LogP contribution in [-0.4, -0.2) is 43.2 Å². The highest BCUT2D eigenvalue weighted by molar-refractivity contribution is 9.10. The Morgan fingerprint density at radius 3 is 2.40 bits per heavy atom. The van der Waals surface area contributed by atoms with Gasteiger partial charge in [0.2, 0.25) is 0 Å². The monoisotopic (exact) mass is 341 g/mol. The number of halogens is 1. The standard InChI is InChI=1S/C15H20BrNO3/c1-10-8-13(9-11(2)14(10)16)20-12(3)15(18)17-4-6-19-7-5-17/h8-9,12H,4-7H2,1-3H3. The van der Waals surface area contributed by atoms with Gasteiger partial charge in [0.1, 0.15) is 5.75 Å². The molecule has 2 rings (SSSR count). The summed E-state index contributed by atoms with van der Waals surface area (Å²) in [5, 5.41) is 0. The van der Waals surface area contributed by atoms with Crippen LogP contribution in [0.1, 0.15) is 18.1 Å². The van der Waals surface area contributed by atoms with E-state index in [2.05, 4.69) is 15.9 Å². The lowest BCUT2D eigenvalue weighted by Crippen LogP contribution is -2.46. The third kappa shape index (κ3) is 3.52. The zero-order valence-electron chi connectivity index (χ0n) is 12.1. The summed E-state index contributed by atoms with van der Waals surface area (Å²) in [5.74, 6) is 0.754. The van der Waals surface area contributed by atoms with Crippen molar-refractivity contribution in [2.24, 2.45) is 0 Å². The fraction of sp³-hybridized carbons (Fsp3) is 0.533. The van der Waals surface area contributed by atoms with Crippen LogP contribution < -0.4 is 4.74 Å². The first kappa shape index (κ1) is 15.3. The number of nitrogens with zero attached hydrogens (tertiary/aromatic N) is 1. The van der Waals surface area contributed by atoms with Crippen LogP contribution in [0.25, 0.3) is 0 Å². The minimum absolute atomic E-state index is 0.0199. The molecule has 1 fully saturated rings. The maximum atomic E-state index is 12.3. The first-order chi connectivity index (χ1) is 9.49. The molecule has 110 valence electrons. The topological polar surface area (TPSA) is 38.8 Å². The quantitative estimate of drug-likeness (QED) is 0.848. The van der Waals surface area contributed by atoms with Gasteiger partial charge >= 0.3 is 0 Å². The highest BCUT2D eigenvalue weighted by Gasteiger charge is 2.23. The molecule has 1 amide bonds. The van der Waals surface area contributed by atoms with E-state index in [0.29, 0.717) is 26.3 Å². The van der Waals surface area contributed by atoms with E-state index in [9.17, 15) is 4.79 Å². The van der Waals surface area contributed by atoms with Crippen molar-refractivity contribution >= 4 is 21.8 Å². The number of carbonyl (C=O) groups is 1. The van der Waals surface area contributed by atoms with E-state index >= 15 is 0 Å². The summed E-state index contributed by atoms with van der Waals surface area (Å²) < 4.78 is 12.1. The van der Waals surface area contributed by atoms with Gasteiger partial charge in [-0.15, -0.1) is 0 Å². The molecule has 1 aromatic carbocycles. The number of carbonyl (C=O) groups excluding carboxylic acids is 1. The van der Waals surface area contributed by atoms with Gasteiger partial charge in [0.25, 0.3) is 5.91 Å². The number of ether oxygens (including phenoxy) is 2. The van der Waals surface area contributed by atoms with E-state index in [-0.39, 0.29) is 5.91 Å². The van der Waals surface area contributed by atoms with Crippen molar-refractivity contribution in [3.8, 4) is 5.75 Å². The van der Waals surface area contributed by atoms with Gasteiger partial charge in [0.05, 0.1) is 13.2 Å². The Kier molecular flexibility index (Phi) is 5.05. The van der Waals surface area contributed by atoms with Gasteiger partial charge in [-0.3, -0.25) is 4.79 Å². The number of aryl methyl sites for hydroxylation is 2. The van der Waals surface area contributed by atoms with Crippen molar-refractivity contribution in [2.45, 2.75) is 26.9 Å². The molecule has 1 heterocycles. The summed E-state index contributed by atoms with van der Waals surface area (Å²) in [6.07, 6.45) is -0.479. The molecule has 0 radical (unpaired) electrons. The van der Waals surface area contributed by atoms with Gasteiger partial charge in [-0.25, -0.2) is 0 Å². The van der Waals surface area contributed by atoms with Gasteiger partial charge in [-0.05, 0) is 44.0 Å². The van der Waals surface area contributed by atoms with Gasteiger partial charge in [-0.1, -0.05) is 15.9 Å². The molecule has 1 aliphatic rings. The van der Waals surface area contributed by atoms with Crippen LogP contribution in [0.2, 0.25) is 0 Å². The molecular weight excluding hydrogens is 322 g/mol. The Hall–Kier alpha value is -1.07. The molecule has 4 nitrogen and oxygen atoms in total. The molecule has 0 bridgehead atoms. The second kappa shape index (κ2) is 6.59. The predicted octanol–water partition coefficient (Wildman–Crippen LogP) is 2.69. The minimum Gasteiger partial charge on any atom is -0.481 e. The van der Waals surface area contributed by atoms with Crippen LogP contribution in [-0.2, 0) is 9.53 Å². The third-order valence-corrected chi connectivity index (χ3v) is 4.64. The molecule has 1 aliphatic heterocycles. The second-order valence-electron chi connectivity index (χ2n) is 5.07. The Morgan fingerprint density at radius 1 is 1.30 bits per heavy atom. The molecule has 0 saturated carbocycles. The van der Waals surface area contributed by atoms with E-state index in [4.69, 9.17) is 9.47 Å². The molecule has 0 aromatic heterocycles. The number of hydrogen-bond donors (Lipinski definition) is 0. The highest BCUT2D eigenvalue weighted by Crippen LogP contribution is 2.27. The van der Waals surface area contributed by atoms with Crippen molar-refractivity contribution < 1.29 is 14.3 Å². The first-order valence-corrected chi connectivity index (χ1v) is 7.58. The maximum Gasteiger partial charge on any atom is 0.263 e. The summed E-state index contributed by atoms with van der Waals surface area (Å²) in [7, 11) is 0. The van der Waals surface area contributed by atoms with Crippen LogP contribution >= 0.6 is 15.9 Å². The van der Waals surface area contributed by atoms with Crippen LogP contribution in [0.4, 0.5) is 0 Å². The Balaban J connectivity index is 2.03. The average Bonchev–Trinajstić information content (AvgIpc) is 2.44. The van der Waals surface area contributed by atoms with Gasteiger partial charge in [-0.2, -0.15) is 0 Å². The van der Waals surface area contributed by atoms with Gasteiger partial charge < -0.3 is 14.4 Å². The summed E-state index contributed by atoms with van der Waals surface area (Å²) in [4.78, 5) is 14.1. The zero-order chi connectivity index (χ0) is 14.7. The molecule has 5 heteroatoms. The van der Waals surface area contributed by atoms with E-state index in [0.717, 1.165) is 21.3 Å².